The van der Waals surface area contributed by atoms with E-state index in [0.717, 1.165) is 10.9 Å². The number of aliphatic hydroxyl groups is 1. The number of nitrogens with one attached hydrogen (secondary N) is 1. The van der Waals surface area contributed by atoms with E-state index in [4.69, 9.17) is 11.6 Å². The first kappa shape index (κ1) is 24.6. The molecule has 1 aliphatic heterocycles. The fourth-order valence-corrected chi connectivity index (χ4v) is 4.65. The normalized spacial score (nSPS) is 16.5. The molecule has 4 rings (SSSR count). The number of carbonyl (C=O) groups excluding carboxylic acids is 3. The average Bonchev–Trinajstić information content (AvgIpc) is 3.40. The highest BCUT2D eigenvalue weighted by atomic mass is 35.5. The van der Waals surface area contributed by atoms with Crippen LogP contribution in [0.2, 0.25) is 5.02 Å². The lowest BCUT2D eigenvalue weighted by molar-refractivity contribution is -0.139. The molecular weight excluding hydrogens is 473 g/mol. The fraction of sp³-hybridized carbons (Fsp3) is 0.269. The number of benzene rings is 2. The third-order valence-electron chi connectivity index (χ3n) is 6.20. The van der Waals surface area contributed by atoms with E-state index in [1.807, 2.05) is 24.3 Å². The number of aromatic nitrogens is 1. The first-order chi connectivity index (χ1) is 16.7. The predicted octanol–water partition coefficient (Wildman–Crippen LogP) is 3.64. The van der Waals surface area contributed by atoms with Crippen LogP contribution in [0.1, 0.15) is 35.3 Å². The second-order valence-electron chi connectivity index (χ2n) is 8.62. The van der Waals surface area contributed by atoms with Gasteiger partial charge in [0.2, 0.25) is 11.8 Å². The maximum Gasteiger partial charge on any atom is 0.243 e. The molecule has 35 heavy (non-hydrogen) atoms. The van der Waals surface area contributed by atoms with Gasteiger partial charge in [-0.05, 0) is 25.5 Å². The zero-order valence-corrected chi connectivity index (χ0v) is 19.9. The van der Waals surface area contributed by atoms with Crippen molar-refractivity contribution in [3.05, 3.63) is 82.8 Å². The largest absolute Gasteiger partial charge is 0.394 e. The van der Waals surface area contributed by atoms with Crippen LogP contribution in [0.5, 0.6) is 0 Å². The van der Waals surface area contributed by atoms with Gasteiger partial charge in [-0.2, -0.15) is 0 Å². The van der Waals surface area contributed by atoms with Crippen molar-refractivity contribution in [1.82, 2.24) is 14.8 Å². The number of ketones is 1. The number of rotatable bonds is 7. The molecule has 0 radical (unpaired) electrons. The van der Waals surface area contributed by atoms with E-state index in [9.17, 15) is 23.9 Å². The summed E-state index contributed by atoms with van der Waals surface area (Å²) < 4.78 is 16.2. The number of nitrogens with zero attached hydrogens (tertiary/aromatic N) is 2. The van der Waals surface area contributed by atoms with Gasteiger partial charge in [-0.1, -0.05) is 54.1 Å². The molecule has 2 aromatic carbocycles. The summed E-state index contributed by atoms with van der Waals surface area (Å²) in [4.78, 5) is 39.9. The van der Waals surface area contributed by atoms with Gasteiger partial charge >= 0.3 is 0 Å². The van der Waals surface area contributed by atoms with Crippen molar-refractivity contribution < 1.29 is 23.9 Å². The first-order valence-electron chi connectivity index (χ1n) is 11.1. The summed E-state index contributed by atoms with van der Waals surface area (Å²) in [5.74, 6) is -1.69. The van der Waals surface area contributed by atoms with Crippen molar-refractivity contribution in [3.8, 4) is 0 Å². The van der Waals surface area contributed by atoms with Crippen LogP contribution in [0, 0.1) is 5.82 Å². The third kappa shape index (κ3) is 4.85. The molecule has 2 amide bonds. The molecule has 1 aliphatic rings. The zero-order valence-electron chi connectivity index (χ0n) is 19.1. The quantitative estimate of drug-likeness (QED) is 0.385. The first-order valence-corrected chi connectivity index (χ1v) is 11.5. The number of amides is 2. The number of likely N-dealkylation sites (tertiary alicyclic amines) is 1. The van der Waals surface area contributed by atoms with Gasteiger partial charge in [-0.15, -0.1) is 0 Å². The van der Waals surface area contributed by atoms with Gasteiger partial charge in [0.05, 0.1) is 17.7 Å². The van der Waals surface area contributed by atoms with E-state index in [2.05, 4.69) is 11.9 Å². The zero-order chi connectivity index (χ0) is 25.3. The Labute approximate surface area is 206 Å². The number of fused-ring (bicyclic) bond motifs is 1. The van der Waals surface area contributed by atoms with Crippen molar-refractivity contribution in [1.29, 1.82) is 0 Å². The van der Waals surface area contributed by atoms with Crippen LogP contribution in [0.15, 0.2) is 60.8 Å². The van der Waals surface area contributed by atoms with Gasteiger partial charge in [0.25, 0.3) is 0 Å². The molecule has 3 aromatic rings. The van der Waals surface area contributed by atoms with Crippen LogP contribution in [0.25, 0.3) is 10.9 Å². The molecule has 9 heteroatoms. The smallest absolute Gasteiger partial charge is 0.243 e. The molecule has 7 nitrogen and oxygen atoms in total. The van der Waals surface area contributed by atoms with E-state index in [-0.39, 0.29) is 41.8 Å². The van der Waals surface area contributed by atoms with Gasteiger partial charge in [0.15, 0.2) is 5.78 Å². The predicted molar refractivity (Wildman–Crippen MR) is 131 cm³/mol. The second kappa shape index (κ2) is 10.0. The number of hydrogen-bond acceptors (Lipinski definition) is 4. The van der Waals surface area contributed by atoms with E-state index < -0.39 is 30.4 Å². The van der Waals surface area contributed by atoms with E-state index in [0.29, 0.717) is 11.1 Å². The van der Waals surface area contributed by atoms with Crippen molar-refractivity contribution in [2.24, 2.45) is 0 Å². The molecule has 2 N–H and O–H groups in total. The molecule has 0 bridgehead atoms. The number of aliphatic hydroxyl groups excluding tert-OH is 1. The topological polar surface area (TPSA) is 91.6 Å². The molecule has 0 saturated carbocycles. The summed E-state index contributed by atoms with van der Waals surface area (Å²) in [6.07, 6.45) is 1.90. The van der Waals surface area contributed by atoms with E-state index in [1.54, 1.807) is 10.8 Å². The minimum Gasteiger partial charge on any atom is -0.394 e. The third-order valence-corrected chi connectivity index (χ3v) is 6.50. The Morgan fingerprint density at radius 1 is 1.23 bits per heavy atom. The van der Waals surface area contributed by atoms with Gasteiger partial charge in [0.1, 0.15) is 18.4 Å². The van der Waals surface area contributed by atoms with Gasteiger partial charge in [0, 0.05) is 34.8 Å². The van der Waals surface area contributed by atoms with Crippen LogP contribution < -0.4 is 5.32 Å². The van der Waals surface area contributed by atoms with Crippen molar-refractivity contribution in [2.45, 2.75) is 32.0 Å². The van der Waals surface area contributed by atoms with Gasteiger partial charge in [-0.3, -0.25) is 14.4 Å². The number of para-hydroxylation sites is 1. The summed E-state index contributed by atoms with van der Waals surface area (Å²) in [7, 11) is 0. The molecule has 182 valence electrons. The molecule has 1 aromatic heterocycles. The lowest BCUT2D eigenvalue weighted by Gasteiger charge is -2.26. The number of hydrogen-bond donors (Lipinski definition) is 2. The number of halogens is 2. The van der Waals surface area contributed by atoms with Crippen LogP contribution >= 0.6 is 11.6 Å². The van der Waals surface area contributed by atoms with Crippen LogP contribution in [0.3, 0.4) is 0 Å². The average molecular weight is 498 g/mol. The number of carbonyl (C=O) groups is 3. The molecule has 1 saturated heterocycles. The van der Waals surface area contributed by atoms with Crippen molar-refractivity contribution >= 4 is 40.1 Å². The standard InChI is InChI=1S/C26H25ClFN3O4/c1-15-10-23(26(35)29-21(14-32)18-7-5-8-20(27)25(18)28)31(11-15)24(34)13-30-12-19(16(2)33)17-6-3-4-9-22(17)30/h3-9,12,21,23,32H,1,10-11,13-14H2,2H3,(H,29,35)/t21-,23+/m1/s1. The van der Waals surface area contributed by atoms with E-state index in [1.165, 1.54) is 30.0 Å². The van der Waals surface area contributed by atoms with Gasteiger partial charge < -0.3 is 19.9 Å². The number of Topliss-reactive ketones (excluding diaryl/α,β-unsaturated/α-hetero) is 1. The Hall–Kier alpha value is -3.49. The molecule has 0 unspecified atom stereocenters. The monoisotopic (exact) mass is 497 g/mol. The molecule has 2 heterocycles. The Kier molecular flexibility index (Phi) is 7.05. The molecule has 0 aliphatic carbocycles. The maximum absolute atomic E-state index is 14.5. The Morgan fingerprint density at radius 3 is 2.69 bits per heavy atom. The summed E-state index contributed by atoms with van der Waals surface area (Å²) >= 11 is 5.84. The molecule has 2 atom stereocenters. The SMILES string of the molecule is C=C1C[C@@H](C(=O)N[C@H](CO)c2cccc(Cl)c2F)N(C(=O)Cn2cc(C(C)=O)c3ccccc32)C1. The minimum absolute atomic E-state index is 0.0543. The molecule has 0 spiro atoms. The fourth-order valence-electron chi connectivity index (χ4n) is 4.47. The Balaban J connectivity index is 1.55. The maximum atomic E-state index is 14.5. The highest BCUT2D eigenvalue weighted by molar-refractivity contribution is 6.30. The van der Waals surface area contributed by atoms with Gasteiger partial charge in [-0.25, -0.2) is 4.39 Å². The highest BCUT2D eigenvalue weighted by Gasteiger charge is 2.37. The lowest BCUT2D eigenvalue weighted by Crippen LogP contribution is -2.48. The van der Waals surface area contributed by atoms with Crippen LogP contribution in [-0.2, 0) is 16.1 Å². The second-order valence-corrected chi connectivity index (χ2v) is 9.03. The molecule has 1 fully saturated rings. The van der Waals surface area contributed by atoms with Crippen molar-refractivity contribution in [3.63, 3.8) is 0 Å². The Morgan fingerprint density at radius 2 is 1.97 bits per heavy atom. The Bertz CT molecular complexity index is 1340. The minimum atomic E-state index is -1.03. The summed E-state index contributed by atoms with van der Waals surface area (Å²) in [5.41, 5.74) is 2.01. The summed E-state index contributed by atoms with van der Waals surface area (Å²) in [6.45, 7) is 4.99. The molecular formula is C26H25ClFN3O4. The summed E-state index contributed by atoms with van der Waals surface area (Å²) in [5, 5.41) is 13.1. The lowest BCUT2D eigenvalue weighted by atomic mass is 10.1. The highest BCUT2D eigenvalue weighted by Crippen LogP contribution is 2.27. The van der Waals surface area contributed by atoms with Crippen LogP contribution in [0.4, 0.5) is 4.39 Å². The van der Waals surface area contributed by atoms with E-state index >= 15 is 0 Å². The summed E-state index contributed by atoms with van der Waals surface area (Å²) in [6, 6.07) is 9.75. The van der Waals surface area contributed by atoms with Crippen LogP contribution in [-0.4, -0.2) is 51.4 Å². The van der Waals surface area contributed by atoms with Crippen molar-refractivity contribution in [2.75, 3.05) is 13.2 Å².